The molecule has 4 heterocycles. The molecule has 129 heavy (non-hydrogen) atoms. The zero-order valence-corrected chi connectivity index (χ0v) is 71.5. The molecule has 0 saturated heterocycles. The Morgan fingerprint density at radius 3 is 0.496 bits per heavy atom. The molecule has 0 radical (unpaired) electrons. The van der Waals surface area contributed by atoms with Crippen molar-refractivity contribution < 1.29 is 20.4 Å². The van der Waals surface area contributed by atoms with Crippen LogP contribution in [0.2, 0.25) is 0 Å². The van der Waals surface area contributed by atoms with E-state index in [9.17, 15) is 0 Å². The van der Waals surface area contributed by atoms with Crippen LogP contribution in [-0.2, 0) is 20.4 Å². The molecule has 0 N–H and O–H groups in total. The minimum Gasteiger partial charge on any atom is -0.656 e. The summed E-state index contributed by atoms with van der Waals surface area (Å²) >= 11 is 0. The fourth-order valence-electron chi connectivity index (χ4n) is 20.2. The van der Waals surface area contributed by atoms with Gasteiger partial charge in [-0.1, -0.05) is 388 Å². The largest absolute Gasteiger partial charge is 2.00 e. The molecule has 5 heteroatoms. The van der Waals surface area contributed by atoms with E-state index in [2.05, 4.69) is 461 Å². The van der Waals surface area contributed by atoms with Crippen LogP contribution in [-0.4, -0.2) is 9.97 Å². The molecule has 25 rings (SSSR count). The Bertz CT molecular complexity index is 7630. The Morgan fingerprint density at radius 1 is 0.132 bits per heavy atom. The van der Waals surface area contributed by atoms with E-state index < -0.39 is 0 Å². The standard InChI is InChI=1S/C124H76N4.Pd/c1-9-33-77(34-10-1)93-57-61-97(101(65-93)81-41-17-5-18-42-81)113-117-105-69-85-49-25-27-51-87(85)71-107(105)119(125-117)114(98-62-58-94(78-35-11-2-12-36-78)66-102(98)82-43-19-6-20-44-82)121-109-73-89-53-29-31-55-91(89)75-111(109)123(127-121)116(100-64-60-96(80-39-15-4-16-40-80)68-104(100)84-47-23-8-24-48-84)124-112-76-92-56-32-30-54-90(92)74-110(112)122(128-124)115(120-108-72-88-52-28-26-50-86(88)70-106(108)118(113)126-120)99-63-59-95(79-37-13-3-14-38-79)67-103(99)83-45-21-7-22-46-83;/h1-76H;/q-2;+2. The first-order valence-electron chi connectivity index (χ1n) is 44.0. The molecule has 2 aromatic heterocycles. The molecule has 0 fully saturated rings. The molecule has 602 valence electrons. The first-order valence-corrected chi connectivity index (χ1v) is 44.0. The van der Waals surface area contributed by atoms with Crippen molar-refractivity contribution in [1.29, 1.82) is 0 Å². The van der Waals surface area contributed by atoms with E-state index in [1.165, 1.54) is 0 Å². The van der Waals surface area contributed by atoms with Crippen LogP contribution in [0.3, 0.4) is 0 Å². The minimum absolute atomic E-state index is 0. The first-order chi connectivity index (χ1) is 63.5. The summed E-state index contributed by atoms with van der Waals surface area (Å²) in [6.45, 7) is 0. The summed E-state index contributed by atoms with van der Waals surface area (Å²) in [6, 6.07) is 170. The fraction of sp³-hybridized carbons (Fsp3) is 0. The van der Waals surface area contributed by atoms with Crippen LogP contribution in [0.4, 0.5) is 0 Å². The Kier molecular flexibility index (Phi) is 18.8. The SMILES string of the molecule is [Pd+2].c1ccc(-c2ccc(-c3c4nc(c(-c5ccc(-c6ccccc6)cc5-c5ccccc5)c5[n-]c(c(-c6ccc(-c7ccccc7)cc6-c6ccccc6)c6nc(c(-c7ccc(-c8ccccc8)cc7-c7ccccc7)c7[n-]c3c3cc8ccccc8cc73)-c3cc7ccccc7cc3-6)c3cc6ccccc6cc53)-c3cc5ccccc5cc3-4)c(-c3ccccc3)c2)cc1. The number of aromatic nitrogens is 4. The molecule has 4 nitrogen and oxygen atoms in total. The molecule has 2 aliphatic heterocycles. The molecular formula is C124H76N4Pd. The Labute approximate surface area is 760 Å². The Morgan fingerprint density at radius 2 is 0.302 bits per heavy atom. The van der Waals surface area contributed by atoms with Gasteiger partial charge in [0.1, 0.15) is 0 Å². The molecule has 0 amide bonds. The van der Waals surface area contributed by atoms with Crippen LogP contribution < -0.4 is 9.97 Å². The van der Waals surface area contributed by atoms with Gasteiger partial charge in [0, 0.05) is 22.3 Å². The van der Waals surface area contributed by atoms with E-state index >= 15 is 0 Å². The van der Waals surface area contributed by atoms with E-state index in [1.54, 1.807) is 0 Å². The van der Waals surface area contributed by atoms with Crippen LogP contribution in [0.25, 0.3) is 265 Å². The zero-order valence-electron chi connectivity index (χ0n) is 70.0. The molecule has 0 saturated carbocycles. The van der Waals surface area contributed by atoms with Gasteiger partial charge < -0.3 is 9.97 Å². The van der Waals surface area contributed by atoms with Gasteiger partial charge >= 0.3 is 20.4 Å². The van der Waals surface area contributed by atoms with Gasteiger partial charge in [-0.3, -0.25) is 0 Å². The van der Waals surface area contributed by atoms with Gasteiger partial charge in [-0.15, -0.1) is 22.1 Å². The third kappa shape index (κ3) is 13.2. The minimum atomic E-state index is 0. The summed E-state index contributed by atoms with van der Waals surface area (Å²) in [4.78, 5) is 27.0. The van der Waals surface area contributed by atoms with Crippen LogP contribution in [0, 0.1) is 0 Å². The van der Waals surface area contributed by atoms with E-state index in [-0.39, 0.29) is 20.4 Å². The topological polar surface area (TPSA) is 54.0 Å². The van der Waals surface area contributed by atoms with Gasteiger partial charge in [0.15, 0.2) is 0 Å². The number of benzene rings is 20. The third-order valence-electron chi connectivity index (χ3n) is 26.3. The second kappa shape index (κ2) is 31.8. The van der Waals surface area contributed by atoms with Gasteiger partial charge in [-0.2, -0.15) is 0 Å². The summed E-state index contributed by atoms with van der Waals surface area (Å²) in [7, 11) is 0. The summed E-state index contributed by atoms with van der Waals surface area (Å²) in [5.74, 6) is 0. The van der Waals surface area contributed by atoms with Gasteiger partial charge in [0.05, 0.1) is 22.8 Å². The maximum Gasteiger partial charge on any atom is 2.00 e. The molecule has 20 aromatic carbocycles. The van der Waals surface area contributed by atoms with E-state index in [4.69, 9.17) is 19.9 Å². The number of hydrogen-bond acceptors (Lipinski definition) is 2. The Balaban J connectivity index is 0.00000924. The maximum atomic E-state index is 6.74. The molecular weight excluding hydrogens is 1650 g/mol. The van der Waals surface area contributed by atoms with Crippen molar-refractivity contribution in [3.63, 3.8) is 0 Å². The monoisotopic (exact) mass is 1730 g/mol. The quantitative estimate of drug-likeness (QED) is 0.114. The third-order valence-corrected chi connectivity index (χ3v) is 26.3. The van der Waals surface area contributed by atoms with Crippen molar-refractivity contribution in [2.75, 3.05) is 0 Å². The molecule has 8 bridgehead atoms. The van der Waals surface area contributed by atoms with E-state index in [1.807, 2.05) is 0 Å². The zero-order chi connectivity index (χ0) is 84.3. The van der Waals surface area contributed by atoms with E-state index in [0.29, 0.717) is 0 Å². The average Bonchev–Trinajstić information content (AvgIpc) is 1.55. The van der Waals surface area contributed by atoms with Gasteiger partial charge in [0.25, 0.3) is 0 Å². The predicted octanol–water partition coefficient (Wildman–Crippen LogP) is 33.2. The normalized spacial score (nSPS) is 11.7. The predicted molar refractivity (Wildman–Crippen MR) is 538 cm³/mol. The molecule has 0 unspecified atom stereocenters. The van der Waals surface area contributed by atoms with Gasteiger partial charge in [-0.25, -0.2) is 9.97 Å². The number of hydrogen-bond donors (Lipinski definition) is 0. The average molecular weight is 1730 g/mol. The summed E-state index contributed by atoms with van der Waals surface area (Å²) in [5, 5.41) is 12.5. The molecule has 3 aliphatic rings. The molecule has 0 spiro atoms. The van der Waals surface area contributed by atoms with Crippen molar-refractivity contribution in [2.45, 2.75) is 0 Å². The number of fused-ring (bicyclic) bond motifs is 4. The summed E-state index contributed by atoms with van der Waals surface area (Å²) in [6.07, 6.45) is 0. The molecule has 0 atom stereocenters. The van der Waals surface area contributed by atoms with Crippen LogP contribution in [0.5, 0.6) is 0 Å². The smallest absolute Gasteiger partial charge is 0.656 e. The van der Waals surface area contributed by atoms with Crippen molar-refractivity contribution in [3.05, 3.63) is 461 Å². The van der Waals surface area contributed by atoms with Gasteiger partial charge in [-0.05, 0) is 271 Å². The maximum absolute atomic E-state index is 6.74. The first kappa shape index (κ1) is 76.4. The van der Waals surface area contributed by atoms with Crippen LogP contribution in [0.1, 0.15) is 0 Å². The second-order valence-electron chi connectivity index (χ2n) is 33.7. The van der Waals surface area contributed by atoms with Crippen molar-refractivity contribution >= 4 is 86.7 Å². The van der Waals surface area contributed by atoms with Crippen LogP contribution in [0.15, 0.2) is 461 Å². The molecule has 22 aromatic rings. The fourth-order valence-corrected chi connectivity index (χ4v) is 20.2. The van der Waals surface area contributed by atoms with Crippen molar-refractivity contribution in [3.8, 4) is 179 Å². The van der Waals surface area contributed by atoms with Crippen molar-refractivity contribution in [1.82, 2.24) is 19.9 Å². The van der Waals surface area contributed by atoms with E-state index in [0.717, 1.165) is 265 Å². The number of nitrogens with zero attached hydrogens (tertiary/aromatic N) is 4. The molecule has 1 aliphatic carbocycles. The van der Waals surface area contributed by atoms with Crippen LogP contribution >= 0.6 is 0 Å². The van der Waals surface area contributed by atoms with Gasteiger partial charge in [0.2, 0.25) is 0 Å². The summed E-state index contributed by atoms with van der Waals surface area (Å²) in [5.41, 5.74) is 34.6. The summed E-state index contributed by atoms with van der Waals surface area (Å²) < 4.78 is 0. The number of rotatable bonds is 12. The van der Waals surface area contributed by atoms with Crippen molar-refractivity contribution in [2.24, 2.45) is 0 Å². The Hall–Kier alpha value is -16.3. The second-order valence-corrected chi connectivity index (χ2v) is 33.7.